The normalized spacial score (nSPS) is 21.2. The Morgan fingerprint density at radius 3 is 2.80 bits per heavy atom. The number of anilines is 1. The van der Waals surface area contributed by atoms with Crippen molar-refractivity contribution in [2.75, 3.05) is 32.0 Å². The molecule has 7 heteroatoms. The molecule has 1 fully saturated rings. The lowest BCUT2D eigenvalue weighted by Crippen LogP contribution is -2.45. The maximum atomic E-state index is 12.8. The van der Waals surface area contributed by atoms with E-state index < -0.39 is 0 Å². The van der Waals surface area contributed by atoms with Crippen molar-refractivity contribution in [3.63, 3.8) is 0 Å². The fourth-order valence-corrected chi connectivity index (χ4v) is 3.56. The van der Waals surface area contributed by atoms with Gasteiger partial charge in [0.2, 0.25) is 0 Å². The molecule has 1 aromatic rings. The number of ether oxygens (including phenoxy) is 2. The van der Waals surface area contributed by atoms with Crippen LogP contribution in [0.25, 0.3) is 0 Å². The van der Waals surface area contributed by atoms with Crippen molar-refractivity contribution in [1.29, 1.82) is 0 Å². The van der Waals surface area contributed by atoms with Crippen molar-refractivity contribution in [3.8, 4) is 11.5 Å². The fourth-order valence-electron chi connectivity index (χ4n) is 3.37. The Morgan fingerprint density at radius 1 is 1.40 bits per heavy atom. The van der Waals surface area contributed by atoms with E-state index in [2.05, 4.69) is 17.1 Å². The second-order valence-electron chi connectivity index (χ2n) is 6.81. The molecule has 1 saturated heterocycles. The molecule has 0 radical (unpaired) electrons. The van der Waals surface area contributed by atoms with E-state index in [9.17, 15) is 4.79 Å². The minimum absolute atomic E-state index is 0.132. The zero-order valence-corrected chi connectivity index (χ0v) is 15.6. The second-order valence-corrected chi connectivity index (χ2v) is 7.21. The van der Waals surface area contributed by atoms with Gasteiger partial charge in [-0.2, -0.15) is 0 Å². The summed E-state index contributed by atoms with van der Waals surface area (Å²) in [7, 11) is 0. The summed E-state index contributed by atoms with van der Waals surface area (Å²) in [4.78, 5) is 15.2. The number of carbonyl (C=O) groups is 1. The molecule has 138 valence electrons. The monoisotopic (exact) mass is 367 g/mol. The molecular weight excluding hydrogens is 342 g/mol. The summed E-state index contributed by atoms with van der Waals surface area (Å²) in [6.07, 6.45) is 2.92. The van der Waals surface area contributed by atoms with Gasteiger partial charge in [0.15, 0.2) is 11.5 Å². The number of fused-ring (bicyclic) bond motifs is 1. The SMILES string of the molecule is CCCN1CCC(NC(=O)c2cc(Cl)c(N)c3c2OCC(C)O3)CC1. The Kier molecular flexibility index (Phi) is 5.59. The molecule has 2 heterocycles. The predicted molar refractivity (Wildman–Crippen MR) is 98.7 cm³/mol. The van der Waals surface area contributed by atoms with E-state index >= 15 is 0 Å². The third-order valence-corrected chi connectivity index (χ3v) is 5.03. The number of carbonyl (C=O) groups excluding carboxylic acids is 1. The molecule has 0 aliphatic carbocycles. The van der Waals surface area contributed by atoms with E-state index in [0.29, 0.717) is 34.4 Å². The maximum absolute atomic E-state index is 12.8. The number of likely N-dealkylation sites (tertiary alicyclic amines) is 1. The summed E-state index contributed by atoms with van der Waals surface area (Å²) >= 11 is 6.19. The zero-order valence-electron chi connectivity index (χ0n) is 14.8. The quantitative estimate of drug-likeness (QED) is 0.800. The van der Waals surface area contributed by atoms with Crippen LogP contribution in [-0.2, 0) is 0 Å². The minimum Gasteiger partial charge on any atom is -0.485 e. The van der Waals surface area contributed by atoms with E-state index in [0.717, 1.165) is 38.9 Å². The zero-order chi connectivity index (χ0) is 18.0. The van der Waals surface area contributed by atoms with Gasteiger partial charge in [-0.25, -0.2) is 0 Å². The molecule has 0 aromatic heterocycles. The maximum Gasteiger partial charge on any atom is 0.255 e. The highest BCUT2D eigenvalue weighted by Crippen LogP contribution is 2.44. The molecule has 1 unspecified atom stereocenters. The van der Waals surface area contributed by atoms with Crippen LogP contribution in [0.1, 0.15) is 43.5 Å². The summed E-state index contributed by atoms with van der Waals surface area (Å²) in [5.74, 6) is 0.570. The van der Waals surface area contributed by atoms with E-state index in [1.807, 2.05) is 6.92 Å². The van der Waals surface area contributed by atoms with Crippen molar-refractivity contribution in [2.24, 2.45) is 0 Å². The number of nitrogen functional groups attached to an aromatic ring is 1. The lowest BCUT2D eigenvalue weighted by molar-refractivity contribution is 0.0869. The number of nitrogens with two attached hydrogens (primary N) is 1. The van der Waals surface area contributed by atoms with Gasteiger partial charge >= 0.3 is 0 Å². The van der Waals surface area contributed by atoms with Crippen LogP contribution in [0.3, 0.4) is 0 Å². The number of rotatable bonds is 4. The summed E-state index contributed by atoms with van der Waals surface area (Å²) in [6.45, 7) is 7.58. The van der Waals surface area contributed by atoms with E-state index in [4.69, 9.17) is 26.8 Å². The third kappa shape index (κ3) is 3.96. The fraction of sp³-hybridized carbons (Fsp3) is 0.611. The standard InChI is InChI=1S/C18H26ClN3O3/c1-3-6-22-7-4-12(5-8-22)21-18(23)13-9-14(19)15(20)17-16(13)24-10-11(2)25-17/h9,11-12H,3-8,10,20H2,1-2H3,(H,21,23). The summed E-state index contributed by atoms with van der Waals surface area (Å²) < 4.78 is 11.5. The first-order chi connectivity index (χ1) is 12.0. The Morgan fingerprint density at radius 2 is 2.12 bits per heavy atom. The highest BCUT2D eigenvalue weighted by atomic mass is 35.5. The van der Waals surface area contributed by atoms with Crippen molar-refractivity contribution in [2.45, 2.75) is 45.3 Å². The first kappa shape index (κ1) is 18.1. The summed E-state index contributed by atoms with van der Waals surface area (Å²) in [5.41, 5.74) is 6.69. The highest BCUT2D eigenvalue weighted by molar-refractivity contribution is 6.34. The number of hydrogen-bond acceptors (Lipinski definition) is 5. The van der Waals surface area contributed by atoms with Crippen molar-refractivity contribution in [1.82, 2.24) is 10.2 Å². The van der Waals surface area contributed by atoms with Crippen molar-refractivity contribution >= 4 is 23.2 Å². The first-order valence-corrected chi connectivity index (χ1v) is 9.32. The van der Waals surface area contributed by atoms with Crippen LogP contribution in [-0.4, -0.2) is 49.2 Å². The molecule has 1 amide bonds. The van der Waals surface area contributed by atoms with Gasteiger partial charge < -0.3 is 25.4 Å². The molecule has 6 nitrogen and oxygen atoms in total. The van der Waals surface area contributed by atoms with Gasteiger partial charge in [0.05, 0.1) is 16.3 Å². The predicted octanol–water partition coefficient (Wildman–Crippen LogP) is 2.69. The lowest BCUT2D eigenvalue weighted by atomic mass is 10.0. The Labute approximate surface area is 153 Å². The second kappa shape index (κ2) is 7.70. The molecule has 0 bridgehead atoms. The molecule has 1 atom stereocenters. The number of halogens is 1. The molecule has 0 saturated carbocycles. The van der Waals surface area contributed by atoms with Crippen molar-refractivity contribution in [3.05, 3.63) is 16.7 Å². The molecule has 2 aliphatic heterocycles. The van der Waals surface area contributed by atoms with Gasteiger partial charge in [-0.1, -0.05) is 18.5 Å². The van der Waals surface area contributed by atoms with Crippen LogP contribution in [0.2, 0.25) is 5.02 Å². The molecule has 3 rings (SSSR count). The summed E-state index contributed by atoms with van der Waals surface area (Å²) in [5, 5.41) is 3.41. The molecule has 25 heavy (non-hydrogen) atoms. The average Bonchev–Trinajstić information content (AvgIpc) is 2.60. The van der Waals surface area contributed by atoms with Crippen LogP contribution in [0.4, 0.5) is 5.69 Å². The number of nitrogens with one attached hydrogen (secondary N) is 1. The Hall–Kier alpha value is -1.66. The number of benzene rings is 1. The van der Waals surface area contributed by atoms with Crippen LogP contribution < -0.4 is 20.5 Å². The van der Waals surface area contributed by atoms with Gasteiger partial charge in [0.25, 0.3) is 5.91 Å². The highest BCUT2D eigenvalue weighted by Gasteiger charge is 2.29. The minimum atomic E-state index is -0.190. The lowest BCUT2D eigenvalue weighted by Gasteiger charge is -2.32. The van der Waals surface area contributed by atoms with Gasteiger partial charge in [-0.05, 0) is 38.8 Å². The Balaban J connectivity index is 1.73. The van der Waals surface area contributed by atoms with Gasteiger partial charge in [-0.3, -0.25) is 4.79 Å². The topological polar surface area (TPSA) is 76.8 Å². The third-order valence-electron chi connectivity index (χ3n) is 4.71. The van der Waals surface area contributed by atoms with Crippen LogP contribution in [0, 0.1) is 0 Å². The van der Waals surface area contributed by atoms with Gasteiger partial charge in [0.1, 0.15) is 12.7 Å². The number of hydrogen-bond donors (Lipinski definition) is 2. The van der Waals surface area contributed by atoms with Gasteiger partial charge in [0, 0.05) is 19.1 Å². The number of nitrogens with zero attached hydrogens (tertiary/aromatic N) is 1. The van der Waals surface area contributed by atoms with Crippen LogP contribution in [0.15, 0.2) is 6.07 Å². The Bertz CT molecular complexity index is 645. The largest absolute Gasteiger partial charge is 0.485 e. The number of piperidine rings is 1. The molecular formula is C18H26ClN3O3. The molecule has 3 N–H and O–H groups in total. The van der Waals surface area contributed by atoms with Crippen molar-refractivity contribution < 1.29 is 14.3 Å². The average molecular weight is 368 g/mol. The van der Waals surface area contributed by atoms with Crippen LogP contribution >= 0.6 is 11.6 Å². The summed E-state index contributed by atoms with van der Waals surface area (Å²) in [6, 6.07) is 1.73. The first-order valence-electron chi connectivity index (χ1n) is 8.94. The van der Waals surface area contributed by atoms with E-state index in [1.54, 1.807) is 6.07 Å². The number of amides is 1. The smallest absolute Gasteiger partial charge is 0.255 e. The molecule has 1 aromatic carbocycles. The van der Waals surface area contributed by atoms with Crippen LogP contribution in [0.5, 0.6) is 11.5 Å². The molecule has 0 spiro atoms. The van der Waals surface area contributed by atoms with E-state index in [1.165, 1.54) is 0 Å². The van der Waals surface area contributed by atoms with E-state index in [-0.39, 0.29) is 18.1 Å². The molecule has 2 aliphatic rings. The van der Waals surface area contributed by atoms with Gasteiger partial charge in [-0.15, -0.1) is 0 Å².